The van der Waals surface area contributed by atoms with Crippen molar-refractivity contribution in [3.63, 3.8) is 0 Å². The summed E-state index contributed by atoms with van der Waals surface area (Å²) in [4.78, 5) is 22.7. The largest absolute Gasteiger partial charge is 0.494 e. The molecule has 0 atom stereocenters. The summed E-state index contributed by atoms with van der Waals surface area (Å²) in [7, 11) is 0. The number of hydrogen-bond acceptors (Lipinski definition) is 7. The summed E-state index contributed by atoms with van der Waals surface area (Å²) >= 11 is 1.32. The van der Waals surface area contributed by atoms with Crippen LogP contribution >= 0.6 is 11.3 Å². The van der Waals surface area contributed by atoms with Gasteiger partial charge in [0.25, 0.3) is 0 Å². The van der Waals surface area contributed by atoms with Gasteiger partial charge in [0, 0.05) is 5.69 Å². The van der Waals surface area contributed by atoms with E-state index in [1.54, 1.807) is 0 Å². The number of ether oxygens (including phenoxy) is 2. The third-order valence-corrected chi connectivity index (χ3v) is 5.73. The minimum absolute atomic E-state index is 0.232. The van der Waals surface area contributed by atoms with E-state index in [2.05, 4.69) is 15.3 Å². The van der Waals surface area contributed by atoms with Gasteiger partial charge in [0.1, 0.15) is 34.2 Å². The molecular formula is C23H21N3O3S. The number of thiophene rings is 1. The molecule has 0 aliphatic rings. The second-order valence-corrected chi connectivity index (χ2v) is 7.60. The quantitative estimate of drug-likeness (QED) is 0.399. The van der Waals surface area contributed by atoms with Gasteiger partial charge in [-0.15, -0.1) is 11.3 Å². The van der Waals surface area contributed by atoms with E-state index in [1.807, 2.05) is 68.4 Å². The van der Waals surface area contributed by atoms with Gasteiger partial charge in [-0.05, 0) is 49.2 Å². The Kier molecular flexibility index (Phi) is 5.90. The van der Waals surface area contributed by atoms with Gasteiger partial charge in [-0.3, -0.25) is 0 Å². The van der Waals surface area contributed by atoms with Crippen LogP contribution in [0.4, 0.5) is 11.5 Å². The van der Waals surface area contributed by atoms with Crippen molar-refractivity contribution < 1.29 is 14.3 Å². The first-order chi connectivity index (χ1) is 14.7. The van der Waals surface area contributed by atoms with Crippen LogP contribution in [0.15, 0.2) is 60.9 Å². The van der Waals surface area contributed by atoms with Crippen LogP contribution in [0.5, 0.6) is 5.75 Å². The highest BCUT2D eigenvalue weighted by molar-refractivity contribution is 7.20. The van der Waals surface area contributed by atoms with Gasteiger partial charge in [-0.25, -0.2) is 14.8 Å². The monoisotopic (exact) mass is 419 g/mol. The number of fused-ring (bicyclic) bond motifs is 1. The van der Waals surface area contributed by atoms with Crippen molar-refractivity contribution in [2.45, 2.75) is 20.5 Å². The van der Waals surface area contributed by atoms with Crippen molar-refractivity contribution in [2.24, 2.45) is 0 Å². The van der Waals surface area contributed by atoms with E-state index in [-0.39, 0.29) is 12.6 Å². The number of aromatic nitrogens is 2. The molecule has 7 heteroatoms. The molecule has 0 unspecified atom stereocenters. The summed E-state index contributed by atoms with van der Waals surface area (Å²) in [5, 5.41) is 4.14. The second kappa shape index (κ2) is 8.92. The van der Waals surface area contributed by atoms with Crippen LogP contribution in [0.2, 0.25) is 0 Å². The fourth-order valence-electron chi connectivity index (χ4n) is 3.09. The first kappa shape index (κ1) is 19.8. The van der Waals surface area contributed by atoms with Crippen LogP contribution in [0, 0.1) is 6.92 Å². The van der Waals surface area contributed by atoms with Crippen molar-refractivity contribution in [1.82, 2.24) is 9.97 Å². The molecule has 2 aromatic heterocycles. The summed E-state index contributed by atoms with van der Waals surface area (Å²) < 4.78 is 11.0. The van der Waals surface area contributed by atoms with E-state index in [9.17, 15) is 4.79 Å². The van der Waals surface area contributed by atoms with E-state index in [0.717, 1.165) is 32.8 Å². The summed E-state index contributed by atoms with van der Waals surface area (Å²) in [5.41, 5.74) is 2.63. The zero-order chi connectivity index (χ0) is 20.9. The molecule has 0 saturated heterocycles. The molecule has 2 aromatic carbocycles. The first-order valence-electron chi connectivity index (χ1n) is 9.60. The van der Waals surface area contributed by atoms with Crippen LogP contribution in [0.25, 0.3) is 10.2 Å². The fourth-order valence-corrected chi connectivity index (χ4v) is 4.13. The van der Waals surface area contributed by atoms with Gasteiger partial charge in [0.05, 0.1) is 12.0 Å². The Labute approximate surface area is 178 Å². The van der Waals surface area contributed by atoms with E-state index < -0.39 is 0 Å². The summed E-state index contributed by atoms with van der Waals surface area (Å²) in [6.07, 6.45) is 1.49. The van der Waals surface area contributed by atoms with Gasteiger partial charge in [0.15, 0.2) is 0 Å². The highest BCUT2D eigenvalue weighted by atomic mass is 32.1. The third-order valence-electron chi connectivity index (χ3n) is 4.55. The van der Waals surface area contributed by atoms with E-state index >= 15 is 0 Å². The fraction of sp³-hybridized carbons (Fsp3) is 0.174. The Bertz CT molecular complexity index is 1160. The Morgan fingerprint density at radius 2 is 1.83 bits per heavy atom. The van der Waals surface area contributed by atoms with Crippen molar-refractivity contribution in [3.8, 4) is 5.75 Å². The van der Waals surface area contributed by atoms with Crippen LogP contribution in [-0.2, 0) is 11.3 Å². The molecule has 2 heterocycles. The Morgan fingerprint density at radius 3 is 2.57 bits per heavy atom. The first-order valence-corrected chi connectivity index (χ1v) is 10.4. The molecule has 4 rings (SSSR count). The number of aryl methyl sites for hydroxylation is 1. The van der Waals surface area contributed by atoms with Crippen molar-refractivity contribution in [1.29, 1.82) is 0 Å². The summed E-state index contributed by atoms with van der Waals surface area (Å²) in [6.45, 7) is 4.70. The smallest absolute Gasteiger partial charge is 0.349 e. The molecule has 152 valence electrons. The van der Waals surface area contributed by atoms with Crippen molar-refractivity contribution in [3.05, 3.63) is 76.9 Å². The van der Waals surface area contributed by atoms with Gasteiger partial charge in [0.2, 0.25) is 0 Å². The number of nitrogens with zero attached hydrogens (tertiary/aromatic N) is 2. The van der Waals surface area contributed by atoms with Crippen molar-refractivity contribution >= 4 is 39.0 Å². The molecular weight excluding hydrogens is 398 g/mol. The molecule has 30 heavy (non-hydrogen) atoms. The SMILES string of the molecule is CCOc1ccc(Nc2ncnc3sc(C(=O)OCc4ccccc4)c(C)c23)cc1. The molecule has 0 spiro atoms. The van der Waals surface area contributed by atoms with Gasteiger partial charge in [-0.2, -0.15) is 0 Å². The van der Waals surface area contributed by atoms with Crippen LogP contribution in [0.3, 0.4) is 0 Å². The Morgan fingerprint density at radius 1 is 1.07 bits per heavy atom. The maximum Gasteiger partial charge on any atom is 0.349 e. The number of benzene rings is 2. The molecule has 0 bridgehead atoms. The number of carbonyl (C=O) groups is 1. The van der Waals surface area contributed by atoms with Crippen LogP contribution < -0.4 is 10.1 Å². The number of hydrogen-bond donors (Lipinski definition) is 1. The second-order valence-electron chi connectivity index (χ2n) is 6.60. The number of esters is 1. The summed E-state index contributed by atoms with van der Waals surface area (Å²) in [6, 6.07) is 17.3. The maximum atomic E-state index is 12.7. The van der Waals surface area contributed by atoms with Gasteiger partial charge < -0.3 is 14.8 Å². The lowest BCUT2D eigenvalue weighted by Crippen LogP contribution is -2.04. The topological polar surface area (TPSA) is 73.3 Å². The molecule has 1 N–H and O–H groups in total. The molecule has 0 aliphatic carbocycles. The predicted octanol–water partition coefficient (Wildman–Crippen LogP) is 5.50. The lowest BCUT2D eigenvalue weighted by Gasteiger charge is -2.09. The van der Waals surface area contributed by atoms with E-state index in [1.165, 1.54) is 17.7 Å². The molecule has 0 saturated carbocycles. The average Bonchev–Trinajstić information content (AvgIpc) is 3.12. The van der Waals surface area contributed by atoms with Crippen LogP contribution in [-0.4, -0.2) is 22.5 Å². The molecule has 6 nitrogen and oxygen atoms in total. The van der Waals surface area contributed by atoms with E-state index in [4.69, 9.17) is 9.47 Å². The maximum absolute atomic E-state index is 12.7. The third kappa shape index (κ3) is 4.26. The highest BCUT2D eigenvalue weighted by Gasteiger charge is 2.20. The van der Waals surface area contributed by atoms with Gasteiger partial charge >= 0.3 is 5.97 Å². The lowest BCUT2D eigenvalue weighted by atomic mass is 10.2. The standard InChI is InChI=1S/C23H21N3O3S/c1-3-28-18-11-9-17(10-12-18)26-21-19-15(2)20(30-22(19)25-14-24-21)23(27)29-13-16-7-5-4-6-8-16/h4-12,14H,3,13H2,1-2H3,(H,24,25,26). The van der Waals surface area contributed by atoms with Crippen LogP contribution in [0.1, 0.15) is 27.7 Å². The minimum Gasteiger partial charge on any atom is -0.494 e. The predicted molar refractivity (Wildman–Crippen MR) is 119 cm³/mol. The Balaban J connectivity index is 1.57. The van der Waals surface area contributed by atoms with E-state index in [0.29, 0.717) is 17.3 Å². The molecule has 0 amide bonds. The number of rotatable bonds is 7. The highest BCUT2D eigenvalue weighted by Crippen LogP contribution is 2.35. The minimum atomic E-state index is -0.355. The molecule has 0 fully saturated rings. The average molecular weight is 420 g/mol. The number of carbonyl (C=O) groups excluding carboxylic acids is 1. The zero-order valence-corrected chi connectivity index (χ0v) is 17.5. The summed E-state index contributed by atoms with van der Waals surface area (Å²) in [5.74, 6) is 1.11. The normalized spacial score (nSPS) is 10.7. The lowest BCUT2D eigenvalue weighted by molar-refractivity contribution is 0.0478. The number of nitrogens with one attached hydrogen (secondary N) is 1. The van der Waals surface area contributed by atoms with Gasteiger partial charge in [-0.1, -0.05) is 30.3 Å². The molecule has 0 radical (unpaired) electrons. The van der Waals surface area contributed by atoms with Crippen molar-refractivity contribution in [2.75, 3.05) is 11.9 Å². The molecule has 0 aliphatic heterocycles. The number of anilines is 2. The Hall–Kier alpha value is -3.45. The zero-order valence-electron chi connectivity index (χ0n) is 16.7. The molecule has 4 aromatic rings.